The quantitative estimate of drug-likeness (QED) is 0.267. The number of aliphatic hydroxyl groups excluding tert-OH is 1. The predicted octanol–water partition coefficient (Wildman–Crippen LogP) is 1.58. The fourth-order valence-corrected chi connectivity index (χ4v) is 5.58. The van der Waals surface area contributed by atoms with Gasteiger partial charge in [0.15, 0.2) is 29.5 Å². The molecule has 5 N–H and O–H groups in total. The van der Waals surface area contributed by atoms with Gasteiger partial charge in [-0.15, -0.1) is 11.8 Å². The number of fused-ring (bicyclic) bond motifs is 1. The summed E-state index contributed by atoms with van der Waals surface area (Å²) in [6, 6.07) is 4.89. The summed E-state index contributed by atoms with van der Waals surface area (Å²) in [4.78, 5) is 40.1. The normalized spacial score (nSPS) is 26.2. The first-order valence-corrected chi connectivity index (χ1v) is 13.0. The van der Waals surface area contributed by atoms with E-state index in [1.807, 2.05) is 0 Å². The Labute approximate surface area is 228 Å². The predicted molar refractivity (Wildman–Crippen MR) is 138 cm³/mol. The van der Waals surface area contributed by atoms with Crippen molar-refractivity contribution >= 4 is 57.8 Å². The number of benzene rings is 1. The molecule has 3 aromatic rings. The van der Waals surface area contributed by atoms with Crippen molar-refractivity contribution in [2.75, 3.05) is 18.1 Å². The molecule has 1 fully saturated rings. The Bertz CT molecular complexity index is 1440. The number of carboxylic acid groups (broad SMARTS) is 2. The standard InChI is InChI=1S/C23H22ClFN6O7S/c24-22-29-17(26)15-18(30-22)31(8-27-15)19-14(25)16(32)12(38-19)6-37-23(21(35)36,13-7-39-9-28-13)5-10-1-3-11(4-2-10)20(33)34/h1-4,8-9,12-14,16,19,32H,5-7H2,(H,33,34)(H,35,36)(H2,26,29,30)/t12-,13?,14+,16-,19-,23?/m1/s1. The Hall–Kier alpha value is -3.37. The van der Waals surface area contributed by atoms with Crippen molar-refractivity contribution in [3.05, 3.63) is 47.0 Å². The second-order valence-corrected chi connectivity index (χ2v) is 10.2. The molecule has 4 heterocycles. The van der Waals surface area contributed by atoms with Crippen LogP contribution in [0.25, 0.3) is 11.2 Å². The fraction of sp³-hybridized carbons (Fsp3) is 0.391. The maximum absolute atomic E-state index is 15.3. The average Bonchev–Trinajstić information content (AvgIpc) is 3.63. The van der Waals surface area contributed by atoms with Gasteiger partial charge in [0.05, 0.1) is 24.0 Å². The van der Waals surface area contributed by atoms with Gasteiger partial charge in [0, 0.05) is 12.2 Å². The van der Waals surface area contributed by atoms with Gasteiger partial charge >= 0.3 is 11.9 Å². The zero-order valence-corrected chi connectivity index (χ0v) is 21.5. The number of nitrogens with zero attached hydrogens (tertiary/aromatic N) is 5. The number of ether oxygens (including phenoxy) is 2. The average molecular weight is 581 g/mol. The number of aromatic nitrogens is 4. The van der Waals surface area contributed by atoms with Crippen molar-refractivity contribution < 1.29 is 38.8 Å². The molecule has 0 aliphatic carbocycles. The minimum absolute atomic E-state index is 0.0183. The molecule has 16 heteroatoms. The lowest BCUT2D eigenvalue weighted by atomic mass is 9.87. The molecule has 206 valence electrons. The number of aliphatic imine (C=N–C) groups is 1. The van der Waals surface area contributed by atoms with Gasteiger partial charge in [-0.05, 0) is 29.3 Å². The number of aromatic carboxylic acids is 1. The molecule has 1 aromatic carbocycles. The smallest absolute Gasteiger partial charge is 0.338 e. The Morgan fingerprint density at radius 3 is 2.67 bits per heavy atom. The van der Waals surface area contributed by atoms with E-state index < -0.39 is 54.8 Å². The number of carboxylic acids is 2. The minimum Gasteiger partial charge on any atom is -0.479 e. The highest BCUT2D eigenvalue weighted by molar-refractivity contribution is 8.12. The molecular formula is C23H22ClFN6O7S. The zero-order valence-electron chi connectivity index (χ0n) is 19.9. The van der Waals surface area contributed by atoms with Crippen LogP contribution in [-0.2, 0) is 20.7 Å². The third kappa shape index (κ3) is 5.03. The van der Waals surface area contributed by atoms with Crippen LogP contribution in [0.4, 0.5) is 10.2 Å². The maximum atomic E-state index is 15.3. The SMILES string of the molecule is Nc1nc(Cl)nc2c1ncn2[C@@H]1O[C@H](COC(Cc2ccc(C(=O)O)cc2)(C(=O)O)C2CSC=N2)[C@@H](O)[C@@H]1F. The number of halogens is 2. The van der Waals surface area contributed by atoms with E-state index in [4.69, 9.17) is 31.9 Å². The minimum atomic E-state index is -1.95. The van der Waals surface area contributed by atoms with Gasteiger partial charge in [0.2, 0.25) is 5.28 Å². The van der Waals surface area contributed by atoms with Gasteiger partial charge in [-0.1, -0.05) is 12.1 Å². The highest BCUT2D eigenvalue weighted by Gasteiger charge is 2.52. The summed E-state index contributed by atoms with van der Waals surface area (Å²) in [6.07, 6.45) is -5.21. The number of imidazole rings is 1. The van der Waals surface area contributed by atoms with Crippen LogP contribution in [0, 0.1) is 0 Å². The molecule has 2 aliphatic heterocycles. The number of nitrogens with two attached hydrogens (primary N) is 1. The lowest BCUT2D eigenvalue weighted by Crippen LogP contribution is -2.54. The third-order valence-electron chi connectivity index (χ3n) is 6.63. The van der Waals surface area contributed by atoms with Gasteiger partial charge in [-0.25, -0.2) is 19.0 Å². The molecular weight excluding hydrogens is 559 g/mol. The number of hydrogen-bond acceptors (Lipinski definition) is 11. The van der Waals surface area contributed by atoms with Crippen molar-refractivity contribution in [3.63, 3.8) is 0 Å². The number of rotatable bonds is 9. The van der Waals surface area contributed by atoms with Crippen LogP contribution in [0.1, 0.15) is 22.1 Å². The Morgan fingerprint density at radius 2 is 2.03 bits per heavy atom. The highest BCUT2D eigenvalue weighted by atomic mass is 35.5. The molecule has 1 saturated heterocycles. The van der Waals surface area contributed by atoms with Gasteiger partial charge in [-0.3, -0.25) is 9.56 Å². The van der Waals surface area contributed by atoms with E-state index in [-0.39, 0.29) is 34.2 Å². The molecule has 2 unspecified atom stereocenters. The number of thioether (sulfide) groups is 1. The van der Waals surface area contributed by atoms with Crippen LogP contribution in [0.3, 0.4) is 0 Å². The summed E-state index contributed by atoms with van der Waals surface area (Å²) < 4.78 is 28.2. The lowest BCUT2D eigenvalue weighted by Gasteiger charge is -2.34. The van der Waals surface area contributed by atoms with E-state index in [1.165, 1.54) is 52.5 Å². The molecule has 2 aromatic heterocycles. The van der Waals surface area contributed by atoms with E-state index in [1.54, 1.807) is 0 Å². The van der Waals surface area contributed by atoms with Gasteiger partial charge in [0.25, 0.3) is 0 Å². The van der Waals surface area contributed by atoms with Crippen LogP contribution in [0.15, 0.2) is 35.6 Å². The van der Waals surface area contributed by atoms with Crippen LogP contribution in [-0.4, -0.2) is 94.7 Å². The number of carbonyl (C=O) groups is 2. The van der Waals surface area contributed by atoms with E-state index in [9.17, 15) is 19.8 Å². The number of aliphatic hydroxyl groups is 1. The molecule has 13 nitrogen and oxygen atoms in total. The summed E-state index contributed by atoms with van der Waals surface area (Å²) >= 11 is 7.20. The Morgan fingerprint density at radius 1 is 1.28 bits per heavy atom. The molecule has 0 spiro atoms. The van der Waals surface area contributed by atoms with E-state index in [2.05, 4.69) is 19.9 Å². The number of hydrogen-bond donors (Lipinski definition) is 4. The topological polar surface area (TPSA) is 195 Å². The molecule has 39 heavy (non-hydrogen) atoms. The van der Waals surface area contributed by atoms with Crippen molar-refractivity contribution in [2.24, 2.45) is 4.99 Å². The first-order chi connectivity index (χ1) is 18.6. The van der Waals surface area contributed by atoms with Gasteiger partial charge < -0.3 is 30.5 Å². The Balaban J connectivity index is 1.39. The number of anilines is 1. The summed E-state index contributed by atoms with van der Waals surface area (Å²) in [5.41, 5.74) is 6.22. The molecule has 0 saturated carbocycles. The van der Waals surface area contributed by atoms with Gasteiger partial charge in [0.1, 0.15) is 23.8 Å². The third-order valence-corrected chi connectivity index (χ3v) is 7.58. The van der Waals surface area contributed by atoms with Crippen LogP contribution < -0.4 is 5.73 Å². The number of nitrogen functional groups attached to an aromatic ring is 1. The highest BCUT2D eigenvalue weighted by Crippen LogP contribution is 2.37. The zero-order chi connectivity index (χ0) is 27.9. The molecule has 0 bridgehead atoms. The van der Waals surface area contributed by atoms with Crippen molar-refractivity contribution in [1.82, 2.24) is 19.5 Å². The van der Waals surface area contributed by atoms with E-state index in [0.29, 0.717) is 11.3 Å². The maximum Gasteiger partial charge on any atom is 0.338 e. The van der Waals surface area contributed by atoms with E-state index in [0.717, 1.165) is 0 Å². The molecule has 5 rings (SSSR count). The second kappa shape index (κ2) is 10.7. The molecule has 2 aliphatic rings. The summed E-state index contributed by atoms with van der Waals surface area (Å²) in [5.74, 6) is -2.15. The second-order valence-electron chi connectivity index (χ2n) is 8.99. The molecule has 0 amide bonds. The summed E-state index contributed by atoms with van der Waals surface area (Å²) in [5, 5.41) is 29.9. The monoisotopic (exact) mass is 580 g/mol. The first-order valence-electron chi connectivity index (χ1n) is 11.6. The lowest BCUT2D eigenvalue weighted by molar-refractivity contribution is -0.176. The first kappa shape index (κ1) is 27.2. The fourth-order valence-electron chi connectivity index (χ4n) is 4.56. The van der Waals surface area contributed by atoms with Crippen LogP contribution in [0.2, 0.25) is 5.28 Å². The van der Waals surface area contributed by atoms with E-state index >= 15 is 4.39 Å². The largest absolute Gasteiger partial charge is 0.479 e. The van der Waals surface area contributed by atoms with Crippen molar-refractivity contribution in [1.29, 1.82) is 0 Å². The van der Waals surface area contributed by atoms with Crippen LogP contribution >= 0.6 is 23.4 Å². The van der Waals surface area contributed by atoms with Crippen molar-refractivity contribution in [3.8, 4) is 0 Å². The number of aliphatic carboxylic acids is 1. The number of alkyl halides is 1. The molecule has 0 radical (unpaired) electrons. The molecule has 6 atom stereocenters. The van der Waals surface area contributed by atoms with Gasteiger partial charge in [-0.2, -0.15) is 9.97 Å². The Kier molecular flexibility index (Phi) is 7.43. The summed E-state index contributed by atoms with van der Waals surface area (Å²) in [7, 11) is 0. The van der Waals surface area contributed by atoms with Crippen LogP contribution in [0.5, 0.6) is 0 Å². The summed E-state index contributed by atoms with van der Waals surface area (Å²) in [6.45, 7) is -0.487. The van der Waals surface area contributed by atoms with Crippen molar-refractivity contribution in [2.45, 2.75) is 42.7 Å².